The molecule has 0 N–H and O–H groups in total. The van der Waals surface area contributed by atoms with Crippen LogP contribution >= 0.6 is 0 Å². The molecule has 0 fully saturated rings. The molecular formula is C15H29NO4. The van der Waals surface area contributed by atoms with Gasteiger partial charge in [-0.3, -0.25) is 9.69 Å². The quantitative estimate of drug-likeness (QED) is 0.432. The van der Waals surface area contributed by atoms with E-state index in [1.54, 1.807) is 0 Å². The first kappa shape index (κ1) is 18.7. The lowest BCUT2D eigenvalue weighted by Crippen LogP contribution is -2.36. The van der Waals surface area contributed by atoms with E-state index in [0.717, 1.165) is 19.3 Å². The minimum absolute atomic E-state index is 0.0337. The molecule has 5 nitrogen and oxygen atoms in total. The average Bonchev–Trinajstić information content (AvgIpc) is 2.45. The zero-order chi connectivity index (χ0) is 15.2. The van der Waals surface area contributed by atoms with Crippen LogP contribution in [0, 0.1) is 0 Å². The third-order valence-corrected chi connectivity index (χ3v) is 2.90. The lowest BCUT2D eigenvalue weighted by atomic mass is 10.2. The predicted molar refractivity (Wildman–Crippen MR) is 78.6 cm³/mol. The van der Waals surface area contributed by atoms with E-state index in [4.69, 9.17) is 9.47 Å². The zero-order valence-electron chi connectivity index (χ0n) is 13.2. The number of carbonyl (C=O) groups excluding carboxylic acids is 2. The number of nitrogens with zero attached hydrogens (tertiary/aromatic N) is 1. The van der Waals surface area contributed by atoms with Gasteiger partial charge < -0.3 is 9.47 Å². The second-order valence-electron chi connectivity index (χ2n) is 4.76. The van der Waals surface area contributed by atoms with Crippen molar-refractivity contribution in [3.63, 3.8) is 0 Å². The molecule has 0 saturated heterocycles. The molecule has 0 aliphatic rings. The molecule has 0 atom stereocenters. The number of hydrogen-bond donors (Lipinski definition) is 0. The average molecular weight is 287 g/mol. The Morgan fingerprint density at radius 2 is 1.55 bits per heavy atom. The number of esters is 1. The van der Waals surface area contributed by atoms with Gasteiger partial charge >= 0.3 is 12.1 Å². The number of unbranched alkanes of at least 4 members (excludes halogenated alkanes) is 4. The maximum atomic E-state index is 11.6. The van der Waals surface area contributed by atoms with E-state index in [0.29, 0.717) is 19.8 Å². The number of likely N-dealkylation sites (N-methyl/N-ethyl adjacent to an activating group) is 1. The molecule has 5 heteroatoms. The van der Waals surface area contributed by atoms with E-state index in [1.807, 2.05) is 13.8 Å². The van der Waals surface area contributed by atoms with E-state index in [2.05, 4.69) is 6.92 Å². The molecule has 0 aromatic rings. The van der Waals surface area contributed by atoms with Crippen LogP contribution in [-0.4, -0.2) is 43.3 Å². The van der Waals surface area contributed by atoms with Gasteiger partial charge in [-0.15, -0.1) is 0 Å². The van der Waals surface area contributed by atoms with Gasteiger partial charge in [0.05, 0.1) is 13.2 Å². The van der Waals surface area contributed by atoms with Gasteiger partial charge in [0, 0.05) is 6.54 Å². The summed E-state index contributed by atoms with van der Waals surface area (Å²) in [6, 6.07) is 0. The van der Waals surface area contributed by atoms with Gasteiger partial charge in [0.1, 0.15) is 6.54 Å². The minimum Gasteiger partial charge on any atom is -0.464 e. The Hall–Kier alpha value is -1.26. The highest BCUT2D eigenvalue weighted by molar-refractivity contribution is 5.78. The van der Waals surface area contributed by atoms with E-state index < -0.39 is 6.09 Å². The first-order chi connectivity index (χ1) is 9.65. The van der Waals surface area contributed by atoms with Crippen LogP contribution in [0.1, 0.15) is 59.3 Å². The molecule has 0 spiro atoms. The predicted octanol–water partition coefficient (Wildman–Crippen LogP) is 3.37. The van der Waals surface area contributed by atoms with Gasteiger partial charge in [-0.2, -0.15) is 0 Å². The van der Waals surface area contributed by atoms with Crippen LogP contribution in [0.5, 0.6) is 0 Å². The first-order valence-corrected chi connectivity index (χ1v) is 7.72. The SMILES string of the molecule is CCCCCCCOC(=O)CN(CC)C(=O)OCCC. The Morgan fingerprint density at radius 3 is 2.15 bits per heavy atom. The van der Waals surface area contributed by atoms with Crippen molar-refractivity contribution in [2.75, 3.05) is 26.3 Å². The van der Waals surface area contributed by atoms with Crippen molar-refractivity contribution in [1.29, 1.82) is 0 Å². The van der Waals surface area contributed by atoms with E-state index in [1.165, 1.54) is 24.2 Å². The van der Waals surface area contributed by atoms with Gasteiger partial charge in [-0.25, -0.2) is 4.79 Å². The van der Waals surface area contributed by atoms with Gasteiger partial charge in [0.15, 0.2) is 0 Å². The fourth-order valence-corrected chi connectivity index (χ4v) is 1.68. The normalized spacial score (nSPS) is 10.2. The second-order valence-corrected chi connectivity index (χ2v) is 4.76. The molecule has 0 aromatic carbocycles. The van der Waals surface area contributed by atoms with Crippen molar-refractivity contribution < 1.29 is 19.1 Å². The molecule has 0 unspecified atom stereocenters. The lowest BCUT2D eigenvalue weighted by molar-refractivity contribution is -0.144. The number of hydrogen-bond acceptors (Lipinski definition) is 4. The molecule has 0 aromatic heterocycles. The molecular weight excluding hydrogens is 258 g/mol. The Morgan fingerprint density at radius 1 is 0.850 bits per heavy atom. The summed E-state index contributed by atoms with van der Waals surface area (Å²) in [5.74, 6) is -0.365. The van der Waals surface area contributed by atoms with E-state index >= 15 is 0 Å². The molecule has 0 radical (unpaired) electrons. The molecule has 0 heterocycles. The number of carbonyl (C=O) groups is 2. The van der Waals surface area contributed by atoms with Crippen LogP contribution in [0.15, 0.2) is 0 Å². The smallest absolute Gasteiger partial charge is 0.410 e. The summed E-state index contributed by atoms with van der Waals surface area (Å²) in [4.78, 5) is 24.6. The van der Waals surface area contributed by atoms with Crippen LogP contribution in [0.3, 0.4) is 0 Å². The summed E-state index contributed by atoms with van der Waals surface area (Å²) in [5, 5.41) is 0. The van der Waals surface area contributed by atoms with Crippen LogP contribution in [0.2, 0.25) is 0 Å². The highest BCUT2D eigenvalue weighted by Gasteiger charge is 2.17. The topological polar surface area (TPSA) is 55.8 Å². The largest absolute Gasteiger partial charge is 0.464 e. The number of rotatable bonds is 11. The van der Waals surface area contributed by atoms with E-state index in [-0.39, 0.29) is 12.5 Å². The van der Waals surface area contributed by atoms with Gasteiger partial charge in [0.2, 0.25) is 0 Å². The number of ether oxygens (including phenoxy) is 2. The molecule has 20 heavy (non-hydrogen) atoms. The Bertz CT molecular complexity index is 269. The third kappa shape index (κ3) is 9.64. The highest BCUT2D eigenvalue weighted by atomic mass is 16.6. The fourth-order valence-electron chi connectivity index (χ4n) is 1.68. The van der Waals surface area contributed by atoms with Crippen molar-refractivity contribution in [2.45, 2.75) is 59.3 Å². The van der Waals surface area contributed by atoms with Crippen LogP contribution < -0.4 is 0 Å². The fraction of sp³-hybridized carbons (Fsp3) is 0.867. The first-order valence-electron chi connectivity index (χ1n) is 7.72. The van der Waals surface area contributed by atoms with Gasteiger partial charge in [0.25, 0.3) is 0 Å². The number of amides is 1. The maximum absolute atomic E-state index is 11.6. The van der Waals surface area contributed by atoms with Crippen LogP contribution in [0.4, 0.5) is 4.79 Å². The third-order valence-electron chi connectivity index (χ3n) is 2.90. The molecule has 0 aliphatic carbocycles. The lowest BCUT2D eigenvalue weighted by Gasteiger charge is -2.19. The summed E-state index contributed by atoms with van der Waals surface area (Å²) in [7, 11) is 0. The molecule has 0 saturated carbocycles. The monoisotopic (exact) mass is 287 g/mol. The van der Waals surface area contributed by atoms with Crippen LogP contribution in [-0.2, 0) is 14.3 Å². The van der Waals surface area contributed by atoms with Crippen molar-refractivity contribution in [1.82, 2.24) is 4.90 Å². The van der Waals surface area contributed by atoms with Crippen molar-refractivity contribution in [3.05, 3.63) is 0 Å². The molecule has 118 valence electrons. The minimum atomic E-state index is -0.450. The summed E-state index contributed by atoms with van der Waals surface area (Å²) in [6.45, 7) is 7.12. The Balaban J connectivity index is 3.77. The van der Waals surface area contributed by atoms with Crippen molar-refractivity contribution >= 4 is 12.1 Å². The highest BCUT2D eigenvalue weighted by Crippen LogP contribution is 2.03. The van der Waals surface area contributed by atoms with E-state index in [9.17, 15) is 9.59 Å². The summed E-state index contributed by atoms with van der Waals surface area (Å²) in [6.07, 6.45) is 5.89. The Labute approximate surface area is 122 Å². The molecule has 0 rings (SSSR count). The van der Waals surface area contributed by atoms with Crippen LogP contribution in [0.25, 0.3) is 0 Å². The van der Waals surface area contributed by atoms with Crippen molar-refractivity contribution in [3.8, 4) is 0 Å². The molecule has 0 aliphatic heterocycles. The van der Waals surface area contributed by atoms with Gasteiger partial charge in [-0.1, -0.05) is 39.5 Å². The maximum Gasteiger partial charge on any atom is 0.410 e. The molecule has 1 amide bonds. The van der Waals surface area contributed by atoms with Gasteiger partial charge in [-0.05, 0) is 19.8 Å². The summed E-state index contributed by atoms with van der Waals surface area (Å²) in [5.41, 5.74) is 0. The Kier molecular flexibility index (Phi) is 12.0. The summed E-state index contributed by atoms with van der Waals surface area (Å²) >= 11 is 0. The summed E-state index contributed by atoms with van der Waals surface area (Å²) < 4.78 is 10.1. The second kappa shape index (κ2) is 12.8. The molecule has 0 bridgehead atoms. The zero-order valence-corrected chi connectivity index (χ0v) is 13.2. The van der Waals surface area contributed by atoms with Crippen molar-refractivity contribution in [2.24, 2.45) is 0 Å². The standard InChI is InChI=1S/C15H29NO4/c1-4-7-8-9-10-12-19-14(17)13-16(6-3)15(18)20-11-5-2/h4-13H2,1-3H3.